The Morgan fingerprint density at radius 1 is 1.24 bits per heavy atom. The number of nitrogens with zero attached hydrogens (tertiary/aromatic N) is 4. The Balaban J connectivity index is 1.61. The molecule has 0 bridgehead atoms. The first kappa shape index (κ1) is 12.6. The van der Waals surface area contributed by atoms with Crippen molar-refractivity contribution in [3.05, 3.63) is 40.3 Å². The molecule has 0 radical (unpaired) electrons. The molecule has 21 heavy (non-hydrogen) atoms. The number of hydrogen-bond donors (Lipinski definition) is 0. The average Bonchev–Trinajstić information content (AvgIpc) is 3.20. The van der Waals surface area contributed by atoms with Gasteiger partial charge in [0.05, 0.1) is 0 Å². The van der Waals surface area contributed by atoms with Gasteiger partial charge in [-0.1, -0.05) is 5.16 Å². The summed E-state index contributed by atoms with van der Waals surface area (Å²) in [6.45, 7) is 0.741. The summed E-state index contributed by atoms with van der Waals surface area (Å²) in [5.74, 6) is 2.48. The SMILES string of the molecule is Ic1nccn1Cc1nc(-c2ccc3c(c2)OCO3)no1. The highest BCUT2D eigenvalue weighted by Gasteiger charge is 2.16. The lowest BCUT2D eigenvalue weighted by atomic mass is 10.2. The Morgan fingerprint density at radius 2 is 2.14 bits per heavy atom. The second-order valence-electron chi connectivity index (χ2n) is 4.40. The Labute approximate surface area is 133 Å². The summed E-state index contributed by atoms with van der Waals surface area (Å²) in [5, 5.41) is 4.00. The van der Waals surface area contributed by atoms with Crippen molar-refractivity contribution in [1.82, 2.24) is 19.7 Å². The number of hydrogen-bond acceptors (Lipinski definition) is 6. The molecule has 0 amide bonds. The van der Waals surface area contributed by atoms with E-state index in [1.54, 1.807) is 6.20 Å². The molecule has 0 fully saturated rings. The lowest BCUT2D eigenvalue weighted by molar-refractivity contribution is 0.174. The summed E-state index contributed by atoms with van der Waals surface area (Å²) in [7, 11) is 0. The molecule has 0 saturated heterocycles. The first-order valence-corrected chi connectivity index (χ1v) is 7.27. The maximum atomic E-state index is 5.35. The van der Waals surface area contributed by atoms with Crippen LogP contribution in [0, 0.1) is 3.83 Å². The third-order valence-electron chi connectivity index (χ3n) is 3.07. The van der Waals surface area contributed by atoms with E-state index in [-0.39, 0.29) is 6.79 Å². The van der Waals surface area contributed by atoms with Crippen molar-refractivity contribution in [1.29, 1.82) is 0 Å². The van der Waals surface area contributed by atoms with Crippen molar-refractivity contribution in [2.24, 2.45) is 0 Å². The normalized spacial score (nSPS) is 12.8. The van der Waals surface area contributed by atoms with Crippen molar-refractivity contribution in [3.63, 3.8) is 0 Å². The molecule has 1 aromatic carbocycles. The zero-order chi connectivity index (χ0) is 14.2. The third kappa shape index (κ3) is 2.35. The molecule has 1 aliphatic heterocycles. The van der Waals surface area contributed by atoms with E-state index in [4.69, 9.17) is 14.0 Å². The number of ether oxygens (including phenoxy) is 2. The van der Waals surface area contributed by atoms with Crippen LogP contribution < -0.4 is 9.47 Å². The molecule has 3 heterocycles. The van der Waals surface area contributed by atoms with Crippen molar-refractivity contribution in [2.45, 2.75) is 6.54 Å². The van der Waals surface area contributed by atoms with Gasteiger partial charge in [-0.15, -0.1) is 0 Å². The van der Waals surface area contributed by atoms with Gasteiger partial charge in [0.15, 0.2) is 15.3 Å². The van der Waals surface area contributed by atoms with Crippen LogP contribution in [0.3, 0.4) is 0 Å². The summed E-state index contributed by atoms with van der Waals surface area (Å²) in [6.07, 6.45) is 3.60. The summed E-state index contributed by atoms with van der Waals surface area (Å²) in [5.41, 5.74) is 0.828. The average molecular weight is 396 g/mol. The zero-order valence-electron chi connectivity index (χ0n) is 10.7. The Kier molecular flexibility index (Phi) is 3.02. The van der Waals surface area contributed by atoms with Crippen LogP contribution >= 0.6 is 22.6 Å². The molecule has 7 nitrogen and oxygen atoms in total. The molecule has 8 heteroatoms. The lowest BCUT2D eigenvalue weighted by Gasteiger charge is -1.98. The molecule has 4 rings (SSSR count). The van der Waals surface area contributed by atoms with Gasteiger partial charge in [-0.05, 0) is 40.8 Å². The zero-order valence-corrected chi connectivity index (χ0v) is 12.9. The van der Waals surface area contributed by atoms with Crippen LogP contribution in [-0.2, 0) is 6.54 Å². The largest absolute Gasteiger partial charge is 0.454 e. The second-order valence-corrected chi connectivity index (χ2v) is 5.37. The topological polar surface area (TPSA) is 75.2 Å². The number of imidazole rings is 1. The van der Waals surface area contributed by atoms with E-state index in [1.165, 1.54) is 0 Å². The van der Waals surface area contributed by atoms with Gasteiger partial charge < -0.3 is 18.6 Å². The standard InChI is InChI=1S/C13H9IN4O3/c14-13-15-3-4-18(13)6-11-16-12(17-21-11)8-1-2-9-10(5-8)20-7-19-9/h1-5H,6-7H2. The summed E-state index contributed by atoms with van der Waals surface area (Å²) in [4.78, 5) is 8.54. The van der Waals surface area contributed by atoms with E-state index in [0.717, 1.165) is 15.1 Å². The summed E-state index contributed by atoms with van der Waals surface area (Å²) < 4.78 is 18.7. The molecule has 0 unspecified atom stereocenters. The van der Waals surface area contributed by atoms with Gasteiger partial charge in [0.25, 0.3) is 0 Å². The van der Waals surface area contributed by atoms with Gasteiger partial charge in [0.1, 0.15) is 6.54 Å². The molecule has 1 aliphatic rings. The molecule has 0 spiro atoms. The monoisotopic (exact) mass is 396 g/mol. The quantitative estimate of drug-likeness (QED) is 0.633. The highest BCUT2D eigenvalue weighted by atomic mass is 127. The van der Waals surface area contributed by atoms with Crippen LogP contribution in [0.4, 0.5) is 0 Å². The van der Waals surface area contributed by atoms with Gasteiger partial charge >= 0.3 is 0 Å². The van der Waals surface area contributed by atoms with Gasteiger partial charge in [-0.2, -0.15) is 4.98 Å². The fourth-order valence-corrected chi connectivity index (χ4v) is 2.54. The molecular weight excluding hydrogens is 387 g/mol. The minimum atomic E-state index is 0.245. The Morgan fingerprint density at radius 3 is 3.00 bits per heavy atom. The van der Waals surface area contributed by atoms with Gasteiger partial charge in [0, 0.05) is 18.0 Å². The van der Waals surface area contributed by atoms with Crippen molar-refractivity contribution in [3.8, 4) is 22.9 Å². The van der Waals surface area contributed by atoms with Crippen LogP contribution in [0.25, 0.3) is 11.4 Å². The van der Waals surface area contributed by atoms with E-state index in [1.807, 2.05) is 29.0 Å². The van der Waals surface area contributed by atoms with Crippen LogP contribution in [0.15, 0.2) is 35.1 Å². The maximum absolute atomic E-state index is 5.35. The van der Waals surface area contributed by atoms with Gasteiger partial charge in [-0.25, -0.2) is 4.98 Å². The Bertz CT molecular complexity index is 798. The lowest BCUT2D eigenvalue weighted by Crippen LogP contribution is -2.00. The minimum absolute atomic E-state index is 0.245. The fourth-order valence-electron chi connectivity index (χ4n) is 2.05. The van der Waals surface area contributed by atoms with Gasteiger partial charge in [-0.3, -0.25) is 0 Å². The van der Waals surface area contributed by atoms with Gasteiger partial charge in [0.2, 0.25) is 18.5 Å². The fraction of sp³-hybridized carbons (Fsp3) is 0.154. The van der Waals surface area contributed by atoms with Crippen molar-refractivity contribution >= 4 is 22.6 Å². The highest BCUT2D eigenvalue weighted by Crippen LogP contribution is 2.35. The molecule has 0 aliphatic carbocycles. The molecule has 2 aromatic heterocycles. The first-order chi connectivity index (χ1) is 10.3. The molecule has 0 N–H and O–H groups in total. The predicted molar refractivity (Wildman–Crippen MR) is 79.9 cm³/mol. The maximum Gasteiger partial charge on any atom is 0.246 e. The van der Waals surface area contributed by atoms with E-state index >= 15 is 0 Å². The smallest absolute Gasteiger partial charge is 0.246 e. The van der Waals surface area contributed by atoms with Crippen molar-refractivity contribution < 1.29 is 14.0 Å². The van der Waals surface area contributed by atoms with Crippen LogP contribution in [0.5, 0.6) is 11.5 Å². The van der Waals surface area contributed by atoms with Crippen LogP contribution in [0.1, 0.15) is 5.89 Å². The Hall–Kier alpha value is -2.10. The van der Waals surface area contributed by atoms with E-state index in [9.17, 15) is 0 Å². The van der Waals surface area contributed by atoms with Crippen LogP contribution in [0.2, 0.25) is 0 Å². The third-order valence-corrected chi connectivity index (χ3v) is 3.97. The minimum Gasteiger partial charge on any atom is -0.454 e. The molecule has 0 saturated carbocycles. The second kappa shape index (κ2) is 5.02. The number of fused-ring (bicyclic) bond motifs is 1. The van der Waals surface area contributed by atoms with E-state index < -0.39 is 0 Å². The molecular formula is C13H9IN4O3. The van der Waals surface area contributed by atoms with E-state index in [2.05, 4.69) is 37.7 Å². The summed E-state index contributed by atoms with van der Waals surface area (Å²) in [6, 6.07) is 5.56. The van der Waals surface area contributed by atoms with Crippen LogP contribution in [-0.4, -0.2) is 26.5 Å². The molecule has 3 aromatic rings. The number of halogens is 1. The highest BCUT2D eigenvalue weighted by molar-refractivity contribution is 14.1. The predicted octanol–water partition coefficient (Wildman–Crippen LogP) is 2.31. The number of rotatable bonds is 3. The number of benzene rings is 1. The summed E-state index contributed by atoms with van der Waals surface area (Å²) >= 11 is 2.15. The first-order valence-electron chi connectivity index (χ1n) is 6.19. The van der Waals surface area contributed by atoms with E-state index in [0.29, 0.717) is 24.0 Å². The molecule has 0 atom stereocenters. The number of aromatic nitrogens is 4. The molecule has 106 valence electrons. The van der Waals surface area contributed by atoms with Crippen molar-refractivity contribution in [2.75, 3.05) is 6.79 Å².